The molecule has 0 saturated carbocycles. The van der Waals surface area contributed by atoms with E-state index in [0.717, 1.165) is 12.2 Å². The normalized spacial score (nSPS) is 11.1. The molecule has 0 N–H and O–H groups in total. The number of carboxylic acids is 1. The molecule has 6 heteroatoms. The van der Waals surface area contributed by atoms with Crippen LogP contribution in [-0.4, -0.2) is 29.1 Å². The van der Waals surface area contributed by atoms with Gasteiger partial charge in [0.2, 0.25) is 0 Å². The minimum Gasteiger partial charge on any atom is -0.545 e. The molecule has 0 aliphatic carbocycles. The highest BCUT2D eigenvalue weighted by atomic mass is 16.6. The zero-order valence-electron chi connectivity index (χ0n) is 13.4. The van der Waals surface area contributed by atoms with Crippen LogP contribution < -0.4 is 5.11 Å². The van der Waals surface area contributed by atoms with Crippen LogP contribution in [-0.2, 0) is 23.9 Å². The van der Waals surface area contributed by atoms with Crippen molar-refractivity contribution in [1.29, 1.82) is 0 Å². The lowest BCUT2D eigenvalue weighted by atomic mass is 10.2. The third kappa shape index (κ3) is 20.4. The maximum absolute atomic E-state index is 10.8. The van der Waals surface area contributed by atoms with Gasteiger partial charge in [-0.05, 0) is 47.6 Å². The number of rotatable bonds is 3. The quantitative estimate of drug-likeness (QED) is 0.573. The summed E-state index contributed by atoms with van der Waals surface area (Å²) in [5, 5.41) is 9.86. The van der Waals surface area contributed by atoms with Gasteiger partial charge in [0.1, 0.15) is 11.2 Å². The Kier molecular flexibility index (Phi) is 9.02. The van der Waals surface area contributed by atoms with Gasteiger partial charge in [0.15, 0.2) is 0 Å². The lowest BCUT2D eigenvalue weighted by Gasteiger charge is -2.17. The van der Waals surface area contributed by atoms with Crippen molar-refractivity contribution in [1.82, 2.24) is 0 Å². The number of carboxylic acid groups (broad SMARTS) is 1. The maximum atomic E-state index is 10.8. The van der Waals surface area contributed by atoms with Gasteiger partial charge >= 0.3 is 11.9 Å². The Bertz CT molecular complexity index is 407. The fourth-order valence-corrected chi connectivity index (χ4v) is 0.815. The van der Waals surface area contributed by atoms with Gasteiger partial charge in [-0.1, -0.05) is 6.58 Å². The van der Waals surface area contributed by atoms with Crippen LogP contribution in [0.5, 0.6) is 0 Å². The van der Waals surface area contributed by atoms with Crippen LogP contribution in [0.4, 0.5) is 0 Å². The van der Waals surface area contributed by atoms with Crippen LogP contribution in [0.15, 0.2) is 24.8 Å². The van der Waals surface area contributed by atoms with E-state index in [-0.39, 0.29) is 5.97 Å². The molecule has 0 aliphatic heterocycles. The molecule has 0 rings (SSSR count). The molecule has 0 spiro atoms. The predicted molar refractivity (Wildman–Crippen MR) is 76.0 cm³/mol. The molecule has 0 aliphatic rings. The summed E-state index contributed by atoms with van der Waals surface area (Å²) < 4.78 is 9.60. The molecule has 0 saturated heterocycles. The van der Waals surface area contributed by atoms with Gasteiger partial charge in [-0.3, -0.25) is 0 Å². The molecule has 0 aromatic rings. The van der Waals surface area contributed by atoms with Crippen LogP contribution in [0.1, 0.15) is 41.5 Å². The second-order valence-electron chi connectivity index (χ2n) is 5.92. The summed E-state index contributed by atoms with van der Waals surface area (Å²) in [6.45, 7) is 13.8. The Labute approximate surface area is 125 Å². The van der Waals surface area contributed by atoms with E-state index in [1.165, 1.54) is 0 Å². The molecule has 0 heterocycles. The Morgan fingerprint density at radius 2 is 1.24 bits per heavy atom. The fourth-order valence-electron chi connectivity index (χ4n) is 0.815. The first-order chi connectivity index (χ1) is 9.26. The summed E-state index contributed by atoms with van der Waals surface area (Å²) in [7, 11) is 0. The van der Waals surface area contributed by atoms with Crippen molar-refractivity contribution in [2.45, 2.75) is 52.7 Å². The first-order valence-corrected chi connectivity index (χ1v) is 6.24. The summed E-state index contributed by atoms with van der Waals surface area (Å²) in [6.07, 6.45) is 2.61. The van der Waals surface area contributed by atoms with Crippen molar-refractivity contribution < 1.29 is 29.0 Å². The van der Waals surface area contributed by atoms with E-state index in [4.69, 9.17) is 9.47 Å². The summed E-state index contributed by atoms with van der Waals surface area (Å²) in [6, 6.07) is 0. The molecule has 21 heavy (non-hydrogen) atoms. The first kappa shape index (κ1) is 21.2. The number of hydrogen-bond donors (Lipinski definition) is 0. The fraction of sp³-hybridized carbons (Fsp3) is 0.533. The number of carbonyl (C=O) groups excluding carboxylic acids is 3. The summed E-state index contributed by atoms with van der Waals surface area (Å²) in [5.74, 6) is -2.48. The highest BCUT2D eigenvalue weighted by Gasteiger charge is 2.13. The Morgan fingerprint density at radius 1 is 0.857 bits per heavy atom. The van der Waals surface area contributed by atoms with E-state index in [1.54, 1.807) is 20.8 Å². The number of carbonyl (C=O) groups is 3. The van der Waals surface area contributed by atoms with Crippen LogP contribution in [0.2, 0.25) is 0 Å². The number of aliphatic carboxylic acids is 1. The van der Waals surface area contributed by atoms with Crippen LogP contribution in [0.3, 0.4) is 0 Å². The summed E-state index contributed by atoms with van der Waals surface area (Å²) in [5.41, 5.74) is -1.00. The van der Waals surface area contributed by atoms with E-state index in [9.17, 15) is 19.5 Å². The number of hydrogen-bond acceptors (Lipinski definition) is 6. The van der Waals surface area contributed by atoms with Crippen molar-refractivity contribution in [2.75, 3.05) is 0 Å². The van der Waals surface area contributed by atoms with E-state index >= 15 is 0 Å². The summed E-state index contributed by atoms with van der Waals surface area (Å²) >= 11 is 0. The third-order valence-corrected chi connectivity index (χ3v) is 1.34. The summed E-state index contributed by atoms with van der Waals surface area (Å²) in [4.78, 5) is 31.1. The van der Waals surface area contributed by atoms with Gasteiger partial charge in [-0.2, -0.15) is 0 Å². The molecule has 0 atom stereocenters. The van der Waals surface area contributed by atoms with Crippen molar-refractivity contribution in [3.8, 4) is 0 Å². The highest BCUT2D eigenvalue weighted by molar-refractivity contribution is 5.90. The third-order valence-electron chi connectivity index (χ3n) is 1.34. The van der Waals surface area contributed by atoms with Crippen LogP contribution in [0, 0.1) is 0 Å². The van der Waals surface area contributed by atoms with Crippen LogP contribution >= 0.6 is 0 Å². The zero-order valence-corrected chi connectivity index (χ0v) is 13.4. The molecule has 0 radical (unpaired) electrons. The van der Waals surface area contributed by atoms with Crippen molar-refractivity contribution >= 4 is 17.9 Å². The van der Waals surface area contributed by atoms with E-state index in [2.05, 4.69) is 6.58 Å². The Balaban J connectivity index is 0. The molecule has 0 amide bonds. The lowest BCUT2D eigenvalue weighted by molar-refractivity contribution is -0.297. The van der Waals surface area contributed by atoms with Gasteiger partial charge in [0, 0.05) is 12.2 Å². The molecule has 120 valence electrons. The second-order valence-corrected chi connectivity index (χ2v) is 5.92. The Hall–Kier alpha value is -2.11. The van der Waals surface area contributed by atoms with Gasteiger partial charge < -0.3 is 19.4 Å². The van der Waals surface area contributed by atoms with Crippen molar-refractivity contribution in [3.63, 3.8) is 0 Å². The zero-order chi connectivity index (χ0) is 17.3. The Morgan fingerprint density at radius 3 is 1.48 bits per heavy atom. The molecular weight excluding hydrogens is 276 g/mol. The highest BCUT2D eigenvalue weighted by Crippen LogP contribution is 2.07. The SMILES string of the molecule is C=CC(=O)OC(C)(C)C.CC(C)(C)OC(=O)/C=C/C(=O)[O-]. The van der Waals surface area contributed by atoms with E-state index < -0.39 is 23.1 Å². The maximum Gasteiger partial charge on any atom is 0.331 e. The smallest absolute Gasteiger partial charge is 0.331 e. The van der Waals surface area contributed by atoms with E-state index in [1.807, 2.05) is 20.8 Å². The minimum atomic E-state index is -1.42. The van der Waals surface area contributed by atoms with Gasteiger partial charge in [0.05, 0.1) is 5.97 Å². The topological polar surface area (TPSA) is 92.7 Å². The number of esters is 2. The molecule has 0 bridgehead atoms. The average molecular weight is 299 g/mol. The molecule has 0 aromatic carbocycles. The lowest BCUT2D eigenvalue weighted by Crippen LogP contribution is -2.24. The molecule has 6 nitrogen and oxygen atoms in total. The second kappa shape index (κ2) is 8.94. The van der Waals surface area contributed by atoms with E-state index in [0.29, 0.717) is 6.08 Å². The molecular formula is C15H23O6-. The molecule has 0 aromatic heterocycles. The largest absolute Gasteiger partial charge is 0.545 e. The van der Waals surface area contributed by atoms with Gasteiger partial charge in [0.25, 0.3) is 0 Å². The van der Waals surface area contributed by atoms with Gasteiger partial charge in [-0.25, -0.2) is 9.59 Å². The van der Waals surface area contributed by atoms with Crippen molar-refractivity contribution in [2.24, 2.45) is 0 Å². The van der Waals surface area contributed by atoms with Crippen molar-refractivity contribution in [3.05, 3.63) is 24.8 Å². The predicted octanol–water partition coefficient (Wildman–Crippen LogP) is 1.15. The average Bonchev–Trinajstić information content (AvgIpc) is 2.22. The molecule has 0 unspecified atom stereocenters. The minimum absolute atomic E-state index is 0.373. The van der Waals surface area contributed by atoms with Gasteiger partial charge in [-0.15, -0.1) is 0 Å². The standard InChI is InChI=1S/C8H12O4.C7H12O2/c1-8(2,3)12-7(11)5-4-6(9)10;1-5-6(8)9-7(2,3)4/h4-5H,1-3H3,(H,9,10);5H,1H2,2-4H3/p-1/b5-4+;. The molecule has 0 fully saturated rings. The monoisotopic (exact) mass is 299 g/mol. The first-order valence-electron chi connectivity index (χ1n) is 6.24. The van der Waals surface area contributed by atoms with Crippen LogP contribution in [0.25, 0.3) is 0 Å². The number of ether oxygens (including phenoxy) is 2.